The van der Waals surface area contributed by atoms with Crippen LogP contribution in [0.2, 0.25) is 5.15 Å². The lowest BCUT2D eigenvalue weighted by atomic mass is 10.1. The number of anilines is 2. The molecule has 0 bridgehead atoms. The molecule has 0 unspecified atom stereocenters. The summed E-state index contributed by atoms with van der Waals surface area (Å²) in [5.41, 5.74) is 1.64. The molecule has 0 saturated heterocycles. The molecule has 1 aliphatic carbocycles. The minimum Gasteiger partial charge on any atom is -0.358 e. The number of pyridine rings is 1. The zero-order valence-electron chi connectivity index (χ0n) is 16.3. The molecule has 0 amide bonds. The number of aliphatic imine (C=N–C) groups is 1. The zero-order valence-corrected chi connectivity index (χ0v) is 17.9. The van der Waals surface area contributed by atoms with Crippen LogP contribution in [0.15, 0.2) is 34.3 Å². The molecule has 1 saturated carbocycles. The molecule has 154 valence electrons. The van der Waals surface area contributed by atoms with Gasteiger partial charge >= 0.3 is 0 Å². The molecule has 4 rings (SSSR count). The first-order valence-electron chi connectivity index (χ1n) is 9.65. The van der Waals surface area contributed by atoms with Gasteiger partial charge in [-0.2, -0.15) is 0 Å². The first-order chi connectivity index (χ1) is 13.9. The van der Waals surface area contributed by atoms with Crippen LogP contribution >= 0.6 is 11.6 Å². The molecule has 2 aromatic heterocycles. The third-order valence-electron chi connectivity index (χ3n) is 5.40. The first kappa shape index (κ1) is 20.0. The van der Waals surface area contributed by atoms with Crippen molar-refractivity contribution in [2.75, 3.05) is 22.5 Å². The van der Waals surface area contributed by atoms with E-state index in [1.54, 1.807) is 19.1 Å². The fourth-order valence-corrected chi connectivity index (χ4v) is 4.37. The van der Waals surface area contributed by atoms with Crippen molar-refractivity contribution < 1.29 is 8.42 Å². The van der Waals surface area contributed by atoms with Gasteiger partial charge in [-0.25, -0.2) is 8.42 Å². The number of rotatable bonds is 6. The Hall–Kier alpha value is -2.26. The van der Waals surface area contributed by atoms with Crippen LogP contribution in [0, 0.1) is 5.92 Å². The van der Waals surface area contributed by atoms with Gasteiger partial charge < -0.3 is 10.2 Å². The normalized spacial score (nSPS) is 19.0. The number of nitrogens with one attached hydrogen (secondary N) is 1. The minimum atomic E-state index is -3.25. The van der Waals surface area contributed by atoms with E-state index >= 15 is 0 Å². The fraction of sp³-hybridized carbons (Fsp3) is 0.474. The van der Waals surface area contributed by atoms with Crippen molar-refractivity contribution in [2.24, 2.45) is 10.9 Å². The van der Waals surface area contributed by atoms with Gasteiger partial charge in [0.25, 0.3) is 0 Å². The third-order valence-corrected chi connectivity index (χ3v) is 7.31. The van der Waals surface area contributed by atoms with Gasteiger partial charge in [0, 0.05) is 18.3 Å². The summed E-state index contributed by atoms with van der Waals surface area (Å²) in [5.74, 6) is 2.14. The molecule has 29 heavy (non-hydrogen) atoms. The Bertz CT molecular complexity index is 1040. The molecule has 0 spiro atoms. The van der Waals surface area contributed by atoms with Gasteiger partial charge in [-0.15, -0.1) is 10.2 Å². The van der Waals surface area contributed by atoms with Gasteiger partial charge in [-0.05, 0) is 37.8 Å². The summed E-state index contributed by atoms with van der Waals surface area (Å²) in [6, 6.07) is 5.48. The van der Waals surface area contributed by atoms with E-state index in [0.717, 1.165) is 11.5 Å². The van der Waals surface area contributed by atoms with Gasteiger partial charge in [-0.1, -0.05) is 18.5 Å². The highest BCUT2D eigenvalue weighted by Gasteiger charge is 2.35. The lowest BCUT2D eigenvalue weighted by Crippen LogP contribution is -2.45. The average molecular weight is 435 g/mol. The second-order valence-corrected chi connectivity index (χ2v) is 10.0. The van der Waals surface area contributed by atoms with E-state index in [9.17, 15) is 8.42 Å². The van der Waals surface area contributed by atoms with Gasteiger partial charge in [0.15, 0.2) is 20.8 Å². The third kappa shape index (κ3) is 4.35. The van der Waals surface area contributed by atoms with Crippen LogP contribution in [-0.2, 0) is 16.4 Å². The number of hydrogen-bond acceptors (Lipinski definition) is 7. The predicted octanol–water partition coefficient (Wildman–Crippen LogP) is 2.95. The summed E-state index contributed by atoms with van der Waals surface area (Å²) in [7, 11) is -3.25. The van der Waals surface area contributed by atoms with E-state index in [1.807, 2.05) is 6.07 Å². The SMILES string of the molecule is CCS(=O)(=O)c1ccc(CN=C2CN([C@@H](C)C3CC3)c3cc(Cl)nnc3N2)nc1. The average Bonchev–Trinajstić information content (AvgIpc) is 3.57. The molecule has 1 fully saturated rings. The number of amidine groups is 1. The number of hydrogen-bond donors (Lipinski definition) is 1. The molecule has 2 aliphatic rings. The number of sulfone groups is 1. The van der Waals surface area contributed by atoms with E-state index in [1.165, 1.54) is 19.0 Å². The Morgan fingerprint density at radius 1 is 1.34 bits per heavy atom. The van der Waals surface area contributed by atoms with E-state index in [2.05, 4.69) is 37.3 Å². The predicted molar refractivity (Wildman–Crippen MR) is 113 cm³/mol. The fourth-order valence-electron chi connectivity index (χ4n) is 3.41. The van der Waals surface area contributed by atoms with Crippen LogP contribution in [0.1, 0.15) is 32.4 Å². The summed E-state index contributed by atoms with van der Waals surface area (Å²) >= 11 is 6.07. The van der Waals surface area contributed by atoms with Crippen LogP contribution in [0.4, 0.5) is 11.5 Å². The summed E-state index contributed by atoms with van der Waals surface area (Å²) in [6.07, 6.45) is 3.86. The van der Waals surface area contributed by atoms with Gasteiger partial charge in [0.05, 0.1) is 35.1 Å². The van der Waals surface area contributed by atoms with Crippen LogP contribution in [0.25, 0.3) is 0 Å². The van der Waals surface area contributed by atoms with Gasteiger partial charge in [0.1, 0.15) is 5.84 Å². The molecular formula is C19H23ClN6O2S. The highest BCUT2D eigenvalue weighted by molar-refractivity contribution is 7.91. The van der Waals surface area contributed by atoms with Crippen molar-refractivity contribution in [2.45, 2.75) is 44.2 Å². The van der Waals surface area contributed by atoms with E-state index in [0.29, 0.717) is 41.7 Å². The molecule has 1 N–H and O–H groups in total. The second-order valence-electron chi connectivity index (χ2n) is 7.38. The minimum absolute atomic E-state index is 0.0553. The van der Waals surface area contributed by atoms with Crippen molar-refractivity contribution in [3.05, 3.63) is 35.2 Å². The highest BCUT2D eigenvalue weighted by atomic mass is 35.5. The number of nitrogens with zero attached hydrogens (tertiary/aromatic N) is 5. The summed E-state index contributed by atoms with van der Waals surface area (Å²) in [5, 5.41) is 11.7. The monoisotopic (exact) mass is 434 g/mol. The van der Waals surface area contributed by atoms with Crippen molar-refractivity contribution in [3.63, 3.8) is 0 Å². The smallest absolute Gasteiger partial charge is 0.179 e. The van der Waals surface area contributed by atoms with E-state index < -0.39 is 9.84 Å². The topological polar surface area (TPSA) is 100 Å². The molecule has 1 atom stereocenters. The van der Waals surface area contributed by atoms with Gasteiger partial charge in [0.2, 0.25) is 0 Å². The number of fused-ring (bicyclic) bond motifs is 1. The first-order valence-corrected chi connectivity index (χ1v) is 11.7. The maximum atomic E-state index is 11.9. The van der Waals surface area contributed by atoms with Crippen LogP contribution in [-0.4, -0.2) is 47.8 Å². The molecule has 0 aromatic carbocycles. The Morgan fingerprint density at radius 2 is 2.14 bits per heavy atom. The van der Waals surface area contributed by atoms with Crippen molar-refractivity contribution in [1.82, 2.24) is 15.2 Å². The number of halogens is 1. The van der Waals surface area contributed by atoms with Crippen LogP contribution in [0.5, 0.6) is 0 Å². The summed E-state index contributed by atoms with van der Waals surface area (Å²) in [6.45, 7) is 4.80. The molecule has 1 aliphatic heterocycles. The van der Waals surface area contributed by atoms with Crippen molar-refractivity contribution in [3.8, 4) is 0 Å². The van der Waals surface area contributed by atoms with Crippen LogP contribution in [0.3, 0.4) is 0 Å². The van der Waals surface area contributed by atoms with Crippen molar-refractivity contribution >= 4 is 38.8 Å². The van der Waals surface area contributed by atoms with E-state index in [4.69, 9.17) is 11.6 Å². The Balaban J connectivity index is 1.54. The van der Waals surface area contributed by atoms with Crippen molar-refractivity contribution in [1.29, 1.82) is 0 Å². The quantitative estimate of drug-likeness (QED) is 0.745. The lowest BCUT2D eigenvalue weighted by molar-refractivity contribution is 0.593. The largest absolute Gasteiger partial charge is 0.358 e. The second kappa shape index (κ2) is 7.87. The maximum Gasteiger partial charge on any atom is 0.179 e. The molecular weight excluding hydrogens is 412 g/mol. The molecule has 8 nitrogen and oxygen atoms in total. The van der Waals surface area contributed by atoms with Crippen LogP contribution < -0.4 is 10.2 Å². The Labute approximate surface area is 175 Å². The van der Waals surface area contributed by atoms with E-state index in [-0.39, 0.29) is 10.6 Å². The molecule has 2 aromatic rings. The lowest BCUT2D eigenvalue weighted by Gasteiger charge is -2.36. The van der Waals surface area contributed by atoms with Gasteiger partial charge in [-0.3, -0.25) is 9.98 Å². The standard InChI is InChI=1S/C19H23ClN6O2S/c1-3-29(27,28)15-7-6-14(21-10-15)9-22-18-11-26(12(2)13-4-5-13)16-8-17(20)24-25-19(16)23-18/h6-8,10,12-13H,3-5,9,11H2,1-2H3,(H,22,23,25)/t12-/m0/s1. The Morgan fingerprint density at radius 3 is 2.79 bits per heavy atom. The Kier molecular flexibility index (Phi) is 5.44. The molecule has 0 radical (unpaired) electrons. The molecule has 10 heteroatoms. The number of aromatic nitrogens is 3. The molecule has 3 heterocycles. The highest BCUT2D eigenvalue weighted by Crippen LogP contribution is 2.39. The maximum absolute atomic E-state index is 11.9. The summed E-state index contributed by atoms with van der Waals surface area (Å²) in [4.78, 5) is 11.4. The summed E-state index contributed by atoms with van der Waals surface area (Å²) < 4.78 is 23.8. The zero-order chi connectivity index (χ0) is 20.6.